The molecule has 0 amide bonds. The van der Waals surface area contributed by atoms with Crippen LogP contribution in [0.25, 0.3) is 11.3 Å². The molecule has 5 heteroatoms. The molecule has 0 fully saturated rings. The summed E-state index contributed by atoms with van der Waals surface area (Å²) in [6.45, 7) is 1.91. The van der Waals surface area contributed by atoms with Crippen molar-refractivity contribution in [2.75, 3.05) is 0 Å². The van der Waals surface area contributed by atoms with E-state index in [1.54, 1.807) is 12.1 Å². The van der Waals surface area contributed by atoms with Crippen LogP contribution in [0.15, 0.2) is 48.5 Å². The molecule has 0 N–H and O–H groups in total. The van der Waals surface area contributed by atoms with Gasteiger partial charge < -0.3 is 0 Å². The maximum atomic E-state index is 14.3. The predicted octanol–water partition coefficient (Wildman–Crippen LogP) is 4.36. The van der Waals surface area contributed by atoms with Gasteiger partial charge in [0.1, 0.15) is 17.5 Å². The Morgan fingerprint density at radius 3 is 2.74 bits per heavy atom. The number of benzene rings is 2. The van der Waals surface area contributed by atoms with Crippen LogP contribution in [-0.2, 0) is 6.42 Å². The van der Waals surface area contributed by atoms with Crippen LogP contribution in [-0.4, -0.2) is 14.8 Å². The lowest BCUT2D eigenvalue weighted by Crippen LogP contribution is -2.03. The minimum absolute atomic E-state index is 0.251. The van der Waals surface area contributed by atoms with Gasteiger partial charge in [-0.25, -0.2) is 4.39 Å². The average molecular weight is 326 g/mol. The molecule has 0 bridgehead atoms. The molecule has 2 heterocycles. The summed E-state index contributed by atoms with van der Waals surface area (Å²) in [5.41, 5.74) is 3.18. The zero-order valence-corrected chi connectivity index (χ0v) is 13.2. The number of rotatable bonds is 1. The Morgan fingerprint density at radius 1 is 1.09 bits per heavy atom. The highest BCUT2D eigenvalue weighted by Crippen LogP contribution is 2.35. The largest absolute Gasteiger partial charge is 0.282 e. The van der Waals surface area contributed by atoms with Gasteiger partial charge in [0.15, 0.2) is 0 Å². The van der Waals surface area contributed by atoms with Crippen molar-refractivity contribution in [3.63, 3.8) is 0 Å². The monoisotopic (exact) mass is 325 g/mol. The molecule has 1 aliphatic rings. The first-order valence-electron chi connectivity index (χ1n) is 7.31. The molecule has 114 valence electrons. The van der Waals surface area contributed by atoms with Crippen molar-refractivity contribution in [2.24, 2.45) is 0 Å². The first-order chi connectivity index (χ1) is 11.1. The van der Waals surface area contributed by atoms with E-state index >= 15 is 0 Å². The van der Waals surface area contributed by atoms with Gasteiger partial charge in [-0.15, -0.1) is 10.2 Å². The fraction of sp³-hybridized carbons (Fsp3) is 0.111. The van der Waals surface area contributed by atoms with Crippen LogP contribution in [0.1, 0.15) is 22.8 Å². The molecule has 1 aromatic heterocycles. The van der Waals surface area contributed by atoms with Gasteiger partial charge >= 0.3 is 0 Å². The van der Waals surface area contributed by atoms with Gasteiger partial charge in [-0.3, -0.25) is 4.57 Å². The third kappa shape index (κ3) is 2.26. The van der Waals surface area contributed by atoms with Gasteiger partial charge in [0, 0.05) is 22.6 Å². The van der Waals surface area contributed by atoms with Gasteiger partial charge in [-0.1, -0.05) is 35.9 Å². The number of nitrogens with zero attached hydrogens (tertiary/aromatic N) is 3. The van der Waals surface area contributed by atoms with E-state index in [1.165, 1.54) is 6.07 Å². The first-order valence-corrected chi connectivity index (χ1v) is 7.69. The van der Waals surface area contributed by atoms with Gasteiger partial charge in [0.05, 0.1) is 5.69 Å². The maximum Gasteiger partial charge on any atom is 0.141 e. The SMILES string of the molecule is Cc1nnc2n1-c1ccc(Cl)cc1C(c1ccccc1F)=CC2. The molecular formula is C18H13ClFN3. The standard InChI is InChI=1S/C18H13ClFN3/c1-11-21-22-18-9-7-13(14-4-2-3-5-16(14)20)15-10-12(19)6-8-17(15)23(11)18/h2-8,10H,9H2,1H3. The number of hydrogen-bond acceptors (Lipinski definition) is 2. The normalized spacial score (nSPS) is 13.1. The predicted molar refractivity (Wildman–Crippen MR) is 88.3 cm³/mol. The number of hydrogen-bond donors (Lipinski definition) is 0. The van der Waals surface area contributed by atoms with Crippen LogP contribution in [0.3, 0.4) is 0 Å². The van der Waals surface area contributed by atoms with Crippen molar-refractivity contribution < 1.29 is 4.39 Å². The molecule has 0 unspecified atom stereocenters. The summed E-state index contributed by atoms with van der Waals surface area (Å²) >= 11 is 6.20. The molecule has 3 aromatic rings. The molecule has 0 atom stereocenters. The van der Waals surface area contributed by atoms with Crippen molar-refractivity contribution >= 4 is 17.2 Å². The van der Waals surface area contributed by atoms with Gasteiger partial charge in [0.25, 0.3) is 0 Å². The second kappa shape index (κ2) is 5.32. The van der Waals surface area contributed by atoms with E-state index in [9.17, 15) is 4.39 Å². The zero-order valence-electron chi connectivity index (χ0n) is 12.4. The van der Waals surface area contributed by atoms with E-state index in [4.69, 9.17) is 11.6 Å². The number of allylic oxidation sites excluding steroid dienone is 1. The van der Waals surface area contributed by atoms with E-state index in [2.05, 4.69) is 10.2 Å². The molecule has 0 radical (unpaired) electrons. The van der Waals surface area contributed by atoms with Gasteiger partial charge in [-0.05, 0) is 36.8 Å². The third-order valence-electron chi connectivity index (χ3n) is 4.03. The summed E-state index contributed by atoms with van der Waals surface area (Å²) in [4.78, 5) is 0. The highest BCUT2D eigenvalue weighted by atomic mass is 35.5. The lowest BCUT2D eigenvalue weighted by Gasteiger charge is -2.14. The summed E-state index contributed by atoms with van der Waals surface area (Å²) < 4.78 is 16.3. The number of fused-ring (bicyclic) bond motifs is 3. The number of aromatic nitrogens is 3. The van der Waals surface area contributed by atoms with Crippen molar-refractivity contribution in [3.8, 4) is 5.69 Å². The molecule has 0 spiro atoms. The van der Waals surface area contributed by atoms with Crippen LogP contribution in [0.4, 0.5) is 4.39 Å². The Morgan fingerprint density at radius 2 is 1.91 bits per heavy atom. The number of halogens is 2. The zero-order chi connectivity index (χ0) is 16.0. The average Bonchev–Trinajstić information content (AvgIpc) is 2.82. The van der Waals surface area contributed by atoms with Crippen LogP contribution >= 0.6 is 11.6 Å². The van der Waals surface area contributed by atoms with Crippen molar-refractivity contribution in [3.05, 3.63) is 82.2 Å². The quantitative estimate of drug-likeness (QED) is 0.665. The molecule has 0 saturated carbocycles. The second-order valence-corrected chi connectivity index (χ2v) is 5.90. The smallest absolute Gasteiger partial charge is 0.141 e. The Labute approximate surface area is 138 Å². The third-order valence-corrected chi connectivity index (χ3v) is 4.27. The molecule has 0 aliphatic carbocycles. The Kier molecular flexibility index (Phi) is 3.27. The Hall–Kier alpha value is -2.46. The fourth-order valence-corrected chi connectivity index (χ4v) is 3.18. The lowest BCUT2D eigenvalue weighted by molar-refractivity contribution is 0.624. The van der Waals surface area contributed by atoms with E-state index in [0.29, 0.717) is 17.0 Å². The summed E-state index contributed by atoms with van der Waals surface area (Å²) in [5, 5.41) is 8.99. The topological polar surface area (TPSA) is 30.7 Å². The Bertz CT molecular complexity index is 943. The van der Waals surface area contributed by atoms with Crippen LogP contribution < -0.4 is 0 Å². The van der Waals surface area contributed by atoms with Crippen molar-refractivity contribution in [2.45, 2.75) is 13.3 Å². The fourth-order valence-electron chi connectivity index (χ4n) is 3.01. The molecule has 3 nitrogen and oxygen atoms in total. The van der Waals surface area contributed by atoms with E-state index < -0.39 is 0 Å². The summed E-state index contributed by atoms with van der Waals surface area (Å²) in [6.07, 6.45) is 2.57. The van der Waals surface area contributed by atoms with Crippen molar-refractivity contribution in [1.29, 1.82) is 0 Å². The van der Waals surface area contributed by atoms with Crippen LogP contribution in [0.2, 0.25) is 5.02 Å². The molecule has 4 rings (SSSR count). The second-order valence-electron chi connectivity index (χ2n) is 5.46. The molecule has 0 saturated heterocycles. The molecule has 2 aromatic carbocycles. The number of aryl methyl sites for hydroxylation is 1. The van der Waals surface area contributed by atoms with E-state index in [0.717, 1.165) is 28.5 Å². The van der Waals surface area contributed by atoms with Crippen LogP contribution in [0.5, 0.6) is 0 Å². The summed E-state index contributed by atoms with van der Waals surface area (Å²) in [5.74, 6) is 1.38. The highest BCUT2D eigenvalue weighted by molar-refractivity contribution is 6.30. The maximum absolute atomic E-state index is 14.3. The van der Waals surface area contributed by atoms with Crippen molar-refractivity contribution in [1.82, 2.24) is 14.8 Å². The highest BCUT2D eigenvalue weighted by Gasteiger charge is 2.21. The van der Waals surface area contributed by atoms with Crippen LogP contribution in [0, 0.1) is 12.7 Å². The van der Waals surface area contributed by atoms with Gasteiger partial charge in [0.2, 0.25) is 0 Å². The molecule has 23 heavy (non-hydrogen) atoms. The van der Waals surface area contributed by atoms with E-state index in [-0.39, 0.29) is 5.82 Å². The molecular weight excluding hydrogens is 313 g/mol. The lowest BCUT2D eigenvalue weighted by atomic mass is 9.95. The minimum Gasteiger partial charge on any atom is -0.282 e. The molecule has 1 aliphatic heterocycles. The van der Waals surface area contributed by atoms with E-state index in [1.807, 2.05) is 41.8 Å². The van der Waals surface area contributed by atoms with Gasteiger partial charge in [-0.2, -0.15) is 0 Å². The summed E-state index contributed by atoms with van der Waals surface area (Å²) in [6, 6.07) is 12.4. The summed E-state index contributed by atoms with van der Waals surface area (Å²) in [7, 11) is 0. The Balaban J connectivity index is 2.03. The first kappa shape index (κ1) is 14.2. The minimum atomic E-state index is -0.251.